The summed E-state index contributed by atoms with van der Waals surface area (Å²) in [4.78, 5) is 23.8. The highest BCUT2D eigenvalue weighted by molar-refractivity contribution is 7.91. The van der Waals surface area contributed by atoms with Crippen LogP contribution in [0.3, 0.4) is 0 Å². The molecule has 1 rings (SSSR count). The van der Waals surface area contributed by atoms with Crippen molar-refractivity contribution in [3.63, 3.8) is 0 Å². The molecule has 0 aliphatic carbocycles. The van der Waals surface area contributed by atoms with Crippen molar-refractivity contribution in [2.75, 3.05) is 18.1 Å². The molecule has 1 saturated heterocycles. The first-order valence-corrected chi connectivity index (χ1v) is 8.13. The second kappa shape index (κ2) is 6.27. The van der Waals surface area contributed by atoms with E-state index in [2.05, 4.69) is 11.8 Å². The van der Waals surface area contributed by atoms with Gasteiger partial charge in [0.2, 0.25) is 0 Å². The van der Waals surface area contributed by atoms with Crippen molar-refractivity contribution < 1.29 is 27.9 Å². The van der Waals surface area contributed by atoms with Gasteiger partial charge in [0, 0.05) is 12.3 Å². The van der Waals surface area contributed by atoms with Crippen LogP contribution in [0.1, 0.15) is 26.7 Å². The van der Waals surface area contributed by atoms with Gasteiger partial charge < -0.3 is 9.84 Å². The molecule has 0 aromatic carbocycles. The number of carbonyl (C=O) groups excluding carboxylic acids is 1. The zero-order valence-electron chi connectivity index (χ0n) is 11.5. The van der Waals surface area contributed by atoms with Crippen molar-refractivity contribution in [3.8, 4) is 11.8 Å². The van der Waals surface area contributed by atoms with Gasteiger partial charge in [-0.2, -0.15) is 0 Å². The maximum atomic E-state index is 12.1. The highest BCUT2D eigenvalue weighted by Crippen LogP contribution is 2.40. The van der Waals surface area contributed by atoms with Crippen LogP contribution in [0.25, 0.3) is 0 Å². The van der Waals surface area contributed by atoms with Crippen molar-refractivity contribution in [1.82, 2.24) is 0 Å². The third-order valence-corrected chi connectivity index (χ3v) is 5.26. The number of hydrogen-bond donors (Lipinski definition) is 1. The van der Waals surface area contributed by atoms with Gasteiger partial charge in [0.1, 0.15) is 0 Å². The Morgan fingerprint density at radius 2 is 2.10 bits per heavy atom. The first-order chi connectivity index (χ1) is 9.30. The number of carbonyl (C=O) groups is 2. The summed E-state index contributed by atoms with van der Waals surface area (Å²) in [6.07, 6.45) is -0.101. The number of aliphatic carboxylic acids is 1. The number of carboxylic acids is 1. The molecule has 0 radical (unpaired) electrons. The highest BCUT2D eigenvalue weighted by Gasteiger charge is 2.56. The normalized spacial score (nSPS) is 23.2. The Kier molecular flexibility index (Phi) is 5.17. The topological polar surface area (TPSA) is 97.7 Å². The third kappa shape index (κ3) is 3.12. The minimum Gasteiger partial charge on any atom is -0.480 e. The smallest absolute Gasteiger partial charge is 0.324 e. The van der Waals surface area contributed by atoms with Gasteiger partial charge in [-0.15, -0.1) is 11.8 Å². The minimum atomic E-state index is -3.30. The Hall–Kier alpha value is -1.55. The lowest BCUT2D eigenvalue weighted by Crippen LogP contribution is -2.47. The molecule has 0 amide bonds. The predicted molar refractivity (Wildman–Crippen MR) is 71.5 cm³/mol. The van der Waals surface area contributed by atoms with Gasteiger partial charge in [-0.25, -0.2) is 8.42 Å². The molecule has 1 aliphatic heterocycles. The number of carboxylic acid groups (broad SMARTS) is 1. The molecule has 0 spiro atoms. The molecule has 6 nitrogen and oxygen atoms in total. The molecule has 7 heteroatoms. The highest BCUT2D eigenvalue weighted by atomic mass is 32.2. The van der Waals surface area contributed by atoms with Gasteiger partial charge in [0.05, 0.1) is 18.1 Å². The Morgan fingerprint density at radius 3 is 2.50 bits per heavy atom. The number of hydrogen-bond acceptors (Lipinski definition) is 5. The Labute approximate surface area is 118 Å². The summed E-state index contributed by atoms with van der Waals surface area (Å²) in [6, 6.07) is 0. The lowest BCUT2D eigenvalue weighted by Gasteiger charge is -2.30. The van der Waals surface area contributed by atoms with E-state index in [-0.39, 0.29) is 31.0 Å². The van der Waals surface area contributed by atoms with Crippen molar-refractivity contribution in [2.45, 2.75) is 26.7 Å². The summed E-state index contributed by atoms with van der Waals surface area (Å²) in [6.45, 7) is 3.14. The maximum Gasteiger partial charge on any atom is 0.324 e. The molecule has 0 bridgehead atoms. The quantitative estimate of drug-likeness (QED) is 0.450. The fourth-order valence-electron chi connectivity index (χ4n) is 2.39. The van der Waals surface area contributed by atoms with Crippen LogP contribution in [0.5, 0.6) is 0 Å². The van der Waals surface area contributed by atoms with Crippen LogP contribution in [0.2, 0.25) is 0 Å². The molecule has 1 heterocycles. The van der Waals surface area contributed by atoms with Crippen LogP contribution in [-0.4, -0.2) is 43.6 Å². The molecule has 112 valence electrons. The summed E-state index contributed by atoms with van der Waals surface area (Å²) < 4.78 is 28.0. The Bertz CT molecular complexity index is 553. The van der Waals surface area contributed by atoms with E-state index in [4.69, 9.17) is 4.74 Å². The molecular formula is C13H18O6S. The summed E-state index contributed by atoms with van der Waals surface area (Å²) in [5.74, 6) is 1.63. The molecular weight excluding hydrogens is 284 g/mol. The second-order valence-corrected chi connectivity index (χ2v) is 6.93. The molecule has 0 saturated carbocycles. The van der Waals surface area contributed by atoms with E-state index in [0.29, 0.717) is 0 Å². The fraction of sp³-hybridized carbons (Fsp3) is 0.692. The number of rotatable bonds is 5. The summed E-state index contributed by atoms with van der Waals surface area (Å²) in [7, 11) is -3.30. The van der Waals surface area contributed by atoms with E-state index < -0.39 is 33.1 Å². The predicted octanol–water partition coefficient (Wildman–Crippen LogP) is 0.469. The fourth-order valence-corrected chi connectivity index (χ4v) is 4.27. The van der Waals surface area contributed by atoms with Crippen LogP contribution in [0.15, 0.2) is 0 Å². The van der Waals surface area contributed by atoms with Gasteiger partial charge in [0.15, 0.2) is 15.3 Å². The van der Waals surface area contributed by atoms with E-state index in [1.54, 1.807) is 6.92 Å². The van der Waals surface area contributed by atoms with Crippen LogP contribution in [0, 0.1) is 23.2 Å². The molecule has 0 aromatic heterocycles. The van der Waals surface area contributed by atoms with Gasteiger partial charge in [0.25, 0.3) is 0 Å². The largest absolute Gasteiger partial charge is 0.480 e. The zero-order valence-corrected chi connectivity index (χ0v) is 12.3. The monoisotopic (exact) mass is 302 g/mol. The van der Waals surface area contributed by atoms with E-state index in [1.807, 2.05) is 0 Å². The van der Waals surface area contributed by atoms with Crippen LogP contribution in [-0.2, 0) is 24.2 Å². The summed E-state index contributed by atoms with van der Waals surface area (Å²) >= 11 is 0. The van der Waals surface area contributed by atoms with Gasteiger partial charge in [-0.05, 0) is 20.3 Å². The van der Waals surface area contributed by atoms with Gasteiger partial charge in [-0.1, -0.05) is 0 Å². The molecule has 20 heavy (non-hydrogen) atoms. The first-order valence-electron chi connectivity index (χ1n) is 6.30. The van der Waals surface area contributed by atoms with Crippen LogP contribution < -0.4 is 0 Å². The lowest BCUT2D eigenvalue weighted by molar-refractivity contribution is -0.172. The first kappa shape index (κ1) is 16.5. The Balaban J connectivity index is 3.25. The van der Waals surface area contributed by atoms with E-state index in [9.17, 15) is 23.1 Å². The second-order valence-electron chi connectivity index (χ2n) is 4.70. The SMILES string of the molecule is CC#CCC(C(=O)O)(C(=O)OCC)C1CCS(=O)(=O)C1. The minimum absolute atomic E-state index is 0.0346. The van der Waals surface area contributed by atoms with Crippen molar-refractivity contribution in [1.29, 1.82) is 0 Å². The van der Waals surface area contributed by atoms with Crippen LogP contribution >= 0.6 is 0 Å². The van der Waals surface area contributed by atoms with E-state index >= 15 is 0 Å². The average Bonchev–Trinajstić information content (AvgIpc) is 2.71. The van der Waals surface area contributed by atoms with Gasteiger partial charge in [-0.3, -0.25) is 9.59 Å². The number of esters is 1. The summed E-state index contributed by atoms with van der Waals surface area (Å²) in [5.41, 5.74) is -1.90. The van der Waals surface area contributed by atoms with E-state index in [0.717, 1.165) is 0 Å². The molecule has 2 atom stereocenters. The van der Waals surface area contributed by atoms with Crippen molar-refractivity contribution >= 4 is 21.8 Å². The molecule has 1 fully saturated rings. The maximum absolute atomic E-state index is 12.1. The third-order valence-electron chi connectivity index (χ3n) is 3.49. The van der Waals surface area contributed by atoms with Crippen molar-refractivity contribution in [3.05, 3.63) is 0 Å². The molecule has 1 aliphatic rings. The molecule has 2 unspecified atom stereocenters. The molecule has 1 N–H and O–H groups in total. The lowest BCUT2D eigenvalue weighted by atomic mass is 9.72. The average molecular weight is 302 g/mol. The molecule has 0 aromatic rings. The number of ether oxygens (including phenoxy) is 1. The van der Waals surface area contributed by atoms with Crippen LogP contribution in [0.4, 0.5) is 0 Å². The Morgan fingerprint density at radius 1 is 1.45 bits per heavy atom. The van der Waals surface area contributed by atoms with Crippen molar-refractivity contribution in [2.24, 2.45) is 11.3 Å². The van der Waals surface area contributed by atoms with E-state index in [1.165, 1.54) is 6.92 Å². The van der Waals surface area contributed by atoms with Gasteiger partial charge >= 0.3 is 11.9 Å². The summed E-state index contributed by atoms with van der Waals surface area (Å²) in [5, 5.41) is 9.51. The standard InChI is InChI=1S/C13H18O6S/c1-3-5-7-13(11(14)15,12(16)19-4-2)10-6-8-20(17,18)9-10/h10H,4,6-9H2,1-2H3,(H,14,15). The number of sulfone groups is 1. The zero-order chi connectivity index (χ0) is 15.4.